The van der Waals surface area contributed by atoms with E-state index in [1.165, 1.54) is 0 Å². The van der Waals surface area contributed by atoms with Gasteiger partial charge in [-0.3, -0.25) is 9.59 Å². The van der Waals surface area contributed by atoms with Gasteiger partial charge >= 0.3 is 0 Å². The zero-order chi connectivity index (χ0) is 18.7. The van der Waals surface area contributed by atoms with E-state index in [9.17, 15) is 9.59 Å². The normalized spacial score (nSPS) is 10.5. The minimum absolute atomic E-state index is 0.102. The van der Waals surface area contributed by atoms with E-state index in [0.29, 0.717) is 28.4 Å². The summed E-state index contributed by atoms with van der Waals surface area (Å²) in [6, 6.07) is 12.3. The number of rotatable bonds is 6. The number of carbonyl (C=O) groups excluding carboxylic acids is 2. The number of amides is 2. The van der Waals surface area contributed by atoms with E-state index in [0.717, 1.165) is 10.9 Å². The van der Waals surface area contributed by atoms with Gasteiger partial charge in [0.05, 0.1) is 20.6 Å². The molecule has 26 heavy (non-hydrogen) atoms. The summed E-state index contributed by atoms with van der Waals surface area (Å²) in [7, 11) is 3.10. The molecule has 3 aromatic rings. The number of methoxy groups -OCH3 is 2. The number of aromatic nitrogens is 1. The van der Waals surface area contributed by atoms with Crippen molar-refractivity contribution in [3.8, 4) is 11.5 Å². The van der Waals surface area contributed by atoms with Gasteiger partial charge in [-0.2, -0.15) is 0 Å². The zero-order valence-electron chi connectivity index (χ0n) is 14.5. The van der Waals surface area contributed by atoms with E-state index in [-0.39, 0.29) is 12.3 Å². The van der Waals surface area contributed by atoms with Crippen molar-refractivity contribution in [3.05, 3.63) is 53.7 Å². The summed E-state index contributed by atoms with van der Waals surface area (Å²) in [5.74, 6) is 0.436. The molecule has 1 aromatic heterocycles. The van der Waals surface area contributed by atoms with E-state index in [1.54, 1.807) is 56.7 Å². The Labute approximate surface area is 150 Å². The summed E-state index contributed by atoms with van der Waals surface area (Å²) < 4.78 is 10.6. The number of carbonyl (C=O) groups is 2. The second kappa shape index (κ2) is 7.18. The zero-order valence-corrected chi connectivity index (χ0v) is 14.5. The largest absolute Gasteiger partial charge is 0.496 e. The van der Waals surface area contributed by atoms with Crippen molar-refractivity contribution in [2.75, 3.05) is 19.5 Å². The van der Waals surface area contributed by atoms with Gasteiger partial charge in [0, 0.05) is 22.2 Å². The first-order valence-corrected chi connectivity index (χ1v) is 7.94. The monoisotopic (exact) mass is 353 g/mol. The Morgan fingerprint density at radius 2 is 1.77 bits per heavy atom. The smallest absolute Gasteiger partial charge is 0.265 e. The topological polar surface area (TPSA) is 106 Å². The highest BCUT2D eigenvalue weighted by molar-refractivity contribution is 5.99. The molecule has 0 saturated heterocycles. The van der Waals surface area contributed by atoms with Gasteiger partial charge in [-0.1, -0.05) is 6.07 Å². The Balaban J connectivity index is 1.80. The Hall–Kier alpha value is -3.48. The number of hydrogen-bond donors (Lipinski definition) is 3. The van der Waals surface area contributed by atoms with Crippen LogP contribution in [0.2, 0.25) is 0 Å². The molecule has 0 unspecified atom stereocenters. The molecule has 0 aliphatic heterocycles. The number of hydrogen-bond acceptors (Lipinski definition) is 4. The minimum Gasteiger partial charge on any atom is -0.496 e. The Bertz CT molecular complexity index is 956. The van der Waals surface area contributed by atoms with Crippen molar-refractivity contribution in [1.29, 1.82) is 0 Å². The highest BCUT2D eigenvalue weighted by Crippen LogP contribution is 2.29. The van der Waals surface area contributed by atoms with Crippen LogP contribution in [0, 0.1) is 0 Å². The van der Waals surface area contributed by atoms with Crippen LogP contribution >= 0.6 is 0 Å². The van der Waals surface area contributed by atoms with Crippen LogP contribution in [0.25, 0.3) is 10.9 Å². The van der Waals surface area contributed by atoms with Crippen molar-refractivity contribution >= 4 is 28.4 Å². The van der Waals surface area contributed by atoms with Gasteiger partial charge in [0.25, 0.3) is 5.91 Å². The number of ether oxygens (including phenoxy) is 2. The molecule has 1 heterocycles. The van der Waals surface area contributed by atoms with Crippen molar-refractivity contribution in [2.24, 2.45) is 5.73 Å². The molecular formula is C19H19N3O4. The molecule has 0 saturated carbocycles. The van der Waals surface area contributed by atoms with Crippen molar-refractivity contribution in [2.45, 2.75) is 6.42 Å². The summed E-state index contributed by atoms with van der Waals surface area (Å²) in [5, 5.41) is 3.63. The number of nitrogens with one attached hydrogen (secondary N) is 2. The fourth-order valence-corrected chi connectivity index (χ4v) is 2.81. The lowest BCUT2D eigenvalue weighted by atomic mass is 10.1. The average Bonchev–Trinajstić information content (AvgIpc) is 3.05. The summed E-state index contributed by atoms with van der Waals surface area (Å²) >= 11 is 0. The number of anilines is 1. The molecule has 0 radical (unpaired) electrons. The number of fused-ring (bicyclic) bond motifs is 1. The quantitative estimate of drug-likeness (QED) is 0.633. The highest BCUT2D eigenvalue weighted by atomic mass is 16.5. The van der Waals surface area contributed by atoms with Crippen LogP contribution in [-0.2, 0) is 11.2 Å². The van der Waals surface area contributed by atoms with Crippen molar-refractivity contribution in [1.82, 2.24) is 4.98 Å². The lowest BCUT2D eigenvalue weighted by Crippen LogP contribution is -2.15. The number of nitrogens with two attached hydrogens (primary N) is 1. The van der Waals surface area contributed by atoms with Crippen molar-refractivity contribution < 1.29 is 19.1 Å². The van der Waals surface area contributed by atoms with Crippen LogP contribution in [-0.4, -0.2) is 31.0 Å². The molecule has 134 valence electrons. The molecule has 0 atom stereocenters. The number of benzene rings is 2. The van der Waals surface area contributed by atoms with E-state index in [1.807, 2.05) is 0 Å². The number of H-pyrrole nitrogens is 1. The molecule has 0 fully saturated rings. The van der Waals surface area contributed by atoms with Crippen LogP contribution in [0.15, 0.2) is 42.5 Å². The third kappa shape index (κ3) is 3.46. The molecule has 4 N–H and O–H groups in total. The van der Waals surface area contributed by atoms with Crippen molar-refractivity contribution in [3.63, 3.8) is 0 Å². The Kier molecular flexibility index (Phi) is 4.79. The van der Waals surface area contributed by atoms with Gasteiger partial charge in [0.2, 0.25) is 5.91 Å². The fraction of sp³-hybridized carbons (Fsp3) is 0.158. The second-order valence-electron chi connectivity index (χ2n) is 5.72. The van der Waals surface area contributed by atoms with Gasteiger partial charge in [0.15, 0.2) is 0 Å². The first-order chi connectivity index (χ1) is 12.5. The fourth-order valence-electron chi connectivity index (χ4n) is 2.81. The molecule has 0 aliphatic carbocycles. The first kappa shape index (κ1) is 17.3. The highest BCUT2D eigenvalue weighted by Gasteiger charge is 2.15. The molecule has 2 amide bonds. The molecule has 0 aliphatic rings. The predicted molar refractivity (Wildman–Crippen MR) is 98.7 cm³/mol. The van der Waals surface area contributed by atoms with Crippen LogP contribution in [0.5, 0.6) is 11.5 Å². The molecule has 7 nitrogen and oxygen atoms in total. The minimum atomic E-state index is -0.532. The number of aromatic amines is 1. The standard InChI is InChI=1S/C19H19N3O4/c1-25-16-4-3-5-17(26-2)13(16)10-18(23)21-12-6-7-14-11(8-12)9-15(22-14)19(20)24/h3-9,22H,10H2,1-2H3,(H2,20,24)(H,21,23). The maximum Gasteiger partial charge on any atom is 0.265 e. The maximum atomic E-state index is 12.5. The van der Waals surface area contributed by atoms with Gasteiger partial charge in [-0.05, 0) is 36.4 Å². The SMILES string of the molecule is COc1cccc(OC)c1CC(=O)Nc1ccc2[nH]c(C(N)=O)cc2c1. The Morgan fingerprint density at radius 1 is 1.08 bits per heavy atom. The molecule has 7 heteroatoms. The molecule has 3 rings (SSSR count). The van der Waals surface area contributed by atoms with E-state index in [4.69, 9.17) is 15.2 Å². The van der Waals surface area contributed by atoms with E-state index < -0.39 is 5.91 Å². The number of primary amides is 1. The van der Waals surface area contributed by atoms with Crippen LogP contribution in [0.4, 0.5) is 5.69 Å². The van der Waals surface area contributed by atoms with Gasteiger partial charge in [-0.25, -0.2) is 0 Å². The lowest BCUT2D eigenvalue weighted by Gasteiger charge is -2.13. The average molecular weight is 353 g/mol. The van der Waals surface area contributed by atoms with Crippen LogP contribution < -0.4 is 20.5 Å². The summed E-state index contributed by atoms with van der Waals surface area (Å²) in [6.07, 6.45) is 0.102. The maximum absolute atomic E-state index is 12.5. The summed E-state index contributed by atoms with van der Waals surface area (Å²) in [5.41, 5.74) is 7.65. The van der Waals surface area contributed by atoms with E-state index >= 15 is 0 Å². The Morgan fingerprint density at radius 3 is 2.38 bits per heavy atom. The van der Waals surface area contributed by atoms with Gasteiger partial charge in [0.1, 0.15) is 17.2 Å². The second-order valence-corrected chi connectivity index (χ2v) is 5.72. The molecule has 2 aromatic carbocycles. The molecule has 0 spiro atoms. The lowest BCUT2D eigenvalue weighted by molar-refractivity contribution is -0.115. The van der Waals surface area contributed by atoms with E-state index in [2.05, 4.69) is 10.3 Å². The van der Waals surface area contributed by atoms with Crippen LogP contribution in [0.1, 0.15) is 16.1 Å². The first-order valence-electron chi connectivity index (χ1n) is 7.94. The summed E-state index contributed by atoms with van der Waals surface area (Å²) in [6.45, 7) is 0. The predicted octanol–water partition coefficient (Wildman–Crippen LogP) is 2.47. The summed E-state index contributed by atoms with van der Waals surface area (Å²) in [4.78, 5) is 26.6. The van der Waals surface area contributed by atoms with Gasteiger partial charge in [-0.15, -0.1) is 0 Å². The third-order valence-electron chi connectivity index (χ3n) is 4.04. The van der Waals surface area contributed by atoms with Gasteiger partial charge < -0.3 is 25.5 Å². The molecule has 0 bridgehead atoms. The third-order valence-corrected chi connectivity index (χ3v) is 4.04. The molecular weight excluding hydrogens is 334 g/mol. The van der Waals surface area contributed by atoms with Crippen LogP contribution in [0.3, 0.4) is 0 Å².